The third kappa shape index (κ3) is 1.73. The van der Waals surface area contributed by atoms with Crippen molar-refractivity contribution >= 4 is 8.22 Å². The van der Waals surface area contributed by atoms with Crippen molar-refractivity contribution in [3.63, 3.8) is 0 Å². The van der Waals surface area contributed by atoms with Crippen LogP contribution in [0, 0.1) is 0 Å². The van der Waals surface area contributed by atoms with Gasteiger partial charge in [0, 0.05) is 33.4 Å². The molecule has 0 unspecified atom stereocenters. The largest absolute Gasteiger partial charge is 0.267 e. The van der Waals surface area contributed by atoms with E-state index in [1.807, 2.05) is 0 Å². The van der Waals surface area contributed by atoms with Gasteiger partial charge in [-0.2, -0.15) is 0 Å². The lowest BCUT2D eigenvalue weighted by atomic mass is 10.1. The molecule has 2 aliphatic heterocycles. The standard InChI is InChI=1S/C11H23N2P/c1-4-10-6-8-12(10)14(3)13-9-7-11(13)5-2/h10-11H,4-9H2,1-3H3/t10-,11-/m0/s1. The quantitative estimate of drug-likeness (QED) is 0.664. The van der Waals surface area contributed by atoms with Gasteiger partial charge in [0.15, 0.2) is 0 Å². The Hall–Kier alpha value is 0.350. The summed E-state index contributed by atoms with van der Waals surface area (Å²) in [7, 11) is 0.0468. The summed E-state index contributed by atoms with van der Waals surface area (Å²) in [5.41, 5.74) is 0. The van der Waals surface area contributed by atoms with Crippen LogP contribution in [-0.2, 0) is 0 Å². The lowest BCUT2D eigenvalue weighted by Gasteiger charge is -2.53. The van der Waals surface area contributed by atoms with E-state index in [4.69, 9.17) is 0 Å². The van der Waals surface area contributed by atoms with Crippen molar-refractivity contribution in [2.24, 2.45) is 0 Å². The molecule has 0 aromatic rings. The van der Waals surface area contributed by atoms with Crippen molar-refractivity contribution in [3.05, 3.63) is 0 Å². The summed E-state index contributed by atoms with van der Waals surface area (Å²) >= 11 is 0. The average Bonchev–Trinajstić information content (AvgIpc) is 2.01. The summed E-state index contributed by atoms with van der Waals surface area (Å²) < 4.78 is 5.49. The first-order valence-electron chi connectivity index (χ1n) is 6.04. The predicted molar refractivity (Wildman–Crippen MR) is 63.6 cm³/mol. The molecule has 2 rings (SSSR count). The highest BCUT2D eigenvalue weighted by molar-refractivity contribution is 7.52. The number of rotatable bonds is 4. The Morgan fingerprint density at radius 1 is 1.00 bits per heavy atom. The molecular formula is C11H23N2P. The van der Waals surface area contributed by atoms with E-state index < -0.39 is 0 Å². The minimum Gasteiger partial charge on any atom is -0.267 e. The van der Waals surface area contributed by atoms with Crippen molar-refractivity contribution in [1.82, 2.24) is 9.34 Å². The maximum Gasteiger partial charge on any atom is 0.0367 e. The molecule has 0 aromatic heterocycles. The van der Waals surface area contributed by atoms with Crippen molar-refractivity contribution < 1.29 is 0 Å². The molecule has 2 heterocycles. The van der Waals surface area contributed by atoms with Gasteiger partial charge in [-0.15, -0.1) is 0 Å². The zero-order chi connectivity index (χ0) is 10.1. The summed E-state index contributed by atoms with van der Waals surface area (Å²) in [5, 5.41) is 0. The fourth-order valence-electron chi connectivity index (χ4n) is 2.59. The molecule has 0 N–H and O–H groups in total. The molecule has 82 valence electrons. The van der Waals surface area contributed by atoms with Crippen LogP contribution in [0.25, 0.3) is 0 Å². The molecule has 2 aliphatic rings. The molecule has 3 heteroatoms. The fraction of sp³-hybridized carbons (Fsp3) is 1.00. The van der Waals surface area contributed by atoms with Crippen LogP contribution in [0.3, 0.4) is 0 Å². The van der Waals surface area contributed by atoms with E-state index in [-0.39, 0.29) is 8.22 Å². The highest BCUT2D eigenvalue weighted by Crippen LogP contribution is 2.52. The first-order chi connectivity index (χ1) is 6.77. The third-order valence-electron chi connectivity index (χ3n) is 3.91. The number of nitrogens with zero attached hydrogens (tertiary/aromatic N) is 2. The van der Waals surface area contributed by atoms with E-state index >= 15 is 0 Å². The number of hydrogen-bond acceptors (Lipinski definition) is 2. The molecule has 0 spiro atoms. The zero-order valence-electron chi connectivity index (χ0n) is 9.74. The zero-order valence-corrected chi connectivity index (χ0v) is 10.6. The minimum absolute atomic E-state index is 0.0468. The van der Waals surface area contributed by atoms with Crippen LogP contribution >= 0.6 is 8.22 Å². The van der Waals surface area contributed by atoms with Gasteiger partial charge >= 0.3 is 0 Å². The van der Waals surface area contributed by atoms with Gasteiger partial charge in [0.05, 0.1) is 0 Å². The Labute approximate surface area is 89.5 Å². The first-order valence-corrected chi connectivity index (χ1v) is 7.74. The molecule has 0 aromatic carbocycles. The second kappa shape index (κ2) is 4.47. The first kappa shape index (κ1) is 10.9. The van der Waals surface area contributed by atoms with Gasteiger partial charge in [-0.3, -0.25) is 9.34 Å². The van der Waals surface area contributed by atoms with E-state index in [1.165, 1.54) is 38.8 Å². The van der Waals surface area contributed by atoms with Crippen LogP contribution < -0.4 is 0 Å². The number of hydrogen-bond donors (Lipinski definition) is 0. The Morgan fingerprint density at radius 2 is 1.43 bits per heavy atom. The van der Waals surface area contributed by atoms with Crippen molar-refractivity contribution in [1.29, 1.82) is 0 Å². The second-order valence-electron chi connectivity index (χ2n) is 4.52. The molecule has 0 saturated carbocycles. The summed E-state index contributed by atoms with van der Waals surface area (Å²) in [6.45, 7) is 9.82. The topological polar surface area (TPSA) is 6.48 Å². The van der Waals surface area contributed by atoms with Crippen LogP contribution in [-0.4, -0.2) is 41.2 Å². The van der Waals surface area contributed by atoms with E-state index in [0.717, 1.165) is 12.1 Å². The summed E-state index contributed by atoms with van der Waals surface area (Å²) in [4.78, 5) is 0. The molecule has 0 radical (unpaired) electrons. The molecule has 2 nitrogen and oxygen atoms in total. The van der Waals surface area contributed by atoms with Gasteiger partial charge in [0.2, 0.25) is 0 Å². The lowest BCUT2D eigenvalue weighted by molar-refractivity contribution is 0.150. The van der Waals surface area contributed by atoms with Crippen LogP contribution in [0.15, 0.2) is 0 Å². The molecule has 0 bridgehead atoms. The highest BCUT2D eigenvalue weighted by Gasteiger charge is 2.38. The SMILES string of the molecule is CC[C@H]1CCN1P(C)N1CC[C@@H]1CC. The highest BCUT2D eigenvalue weighted by atomic mass is 31.1. The van der Waals surface area contributed by atoms with E-state index in [0.29, 0.717) is 0 Å². The molecule has 2 atom stereocenters. The molecule has 0 aliphatic carbocycles. The fourth-order valence-corrected chi connectivity index (χ4v) is 5.20. The predicted octanol–water partition coefficient (Wildman–Crippen LogP) is 2.90. The monoisotopic (exact) mass is 214 g/mol. The van der Waals surface area contributed by atoms with Crippen molar-refractivity contribution in [2.45, 2.75) is 51.6 Å². The van der Waals surface area contributed by atoms with Crippen LogP contribution in [0.5, 0.6) is 0 Å². The van der Waals surface area contributed by atoms with Gasteiger partial charge < -0.3 is 0 Å². The normalized spacial score (nSPS) is 34.3. The lowest BCUT2D eigenvalue weighted by Crippen LogP contribution is -2.51. The van der Waals surface area contributed by atoms with Crippen molar-refractivity contribution in [3.8, 4) is 0 Å². The Kier molecular flexibility index (Phi) is 3.46. The van der Waals surface area contributed by atoms with Gasteiger partial charge in [0.1, 0.15) is 0 Å². The smallest absolute Gasteiger partial charge is 0.0367 e. The summed E-state index contributed by atoms with van der Waals surface area (Å²) in [5.74, 6) is 0. The van der Waals surface area contributed by atoms with Crippen molar-refractivity contribution in [2.75, 3.05) is 19.8 Å². The molecular weight excluding hydrogens is 191 g/mol. The van der Waals surface area contributed by atoms with E-state index in [9.17, 15) is 0 Å². The molecule has 0 amide bonds. The summed E-state index contributed by atoms with van der Waals surface area (Å²) in [6.07, 6.45) is 5.57. The maximum absolute atomic E-state index is 2.75. The van der Waals surface area contributed by atoms with Crippen LogP contribution in [0.2, 0.25) is 0 Å². The molecule has 14 heavy (non-hydrogen) atoms. The second-order valence-corrected chi connectivity index (χ2v) is 6.52. The van der Waals surface area contributed by atoms with Gasteiger partial charge in [-0.1, -0.05) is 13.8 Å². The van der Waals surface area contributed by atoms with E-state index in [1.54, 1.807) is 0 Å². The molecule has 2 saturated heterocycles. The summed E-state index contributed by atoms with van der Waals surface area (Å²) in [6, 6.07) is 1.81. The van der Waals surface area contributed by atoms with Crippen LogP contribution in [0.4, 0.5) is 0 Å². The van der Waals surface area contributed by atoms with Gasteiger partial charge in [-0.05, 0) is 32.3 Å². The maximum atomic E-state index is 2.75. The Morgan fingerprint density at radius 3 is 1.64 bits per heavy atom. The Bertz CT molecular complexity index is 174. The average molecular weight is 214 g/mol. The third-order valence-corrected chi connectivity index (χ3v) is 6.45. The Balaban J connectivity index is 1.85. The van der Waals surface area contributed by atoms with Gasteiger partial charge in [0.25, 0.3) is 0 Å². The van der Waals surface area contributed by atoms with Gasteiger partial charge in [-0.25, -0.2) is 0 Å². The van der Waals surface area contributed by atoms with Crippen LogP contribution in [0.1, 0.15) is 39.5 Å². The molecule has 2 fully saturated rings. The minimum atomic E-state index is 0.0468. The van der Waals surface area contributed by atoms with E-state index in [2.05, 4.69) is 29.9 Å².